The van der Waals surface area contributed by atoms with Crippen molar-refractivity contribution in [3.63, 3.8) is 0 Å². The topological polar surface area (TPSA) is 41.1 Å². The van der Waals surface area contributed by atoms with Crippen LogP contribution in [0.3, 0.4) is 0 Å². The fraction of sp³-hybridized carbons (Fsp3) is 0.667. The van der Waals surface area contributed by atoms with E-state index in [2.05, 4.69) is 55.7 Å². The summed E-state index contributed by atoms with van der Waals surface area (Å²) in [5, 5.41) is 7.00. The number of hydrogen-bond donors (Lipinski definition) is 2. The standard InChI is InChI=1S/C21H32N2O/c1-4-19(21(2,3)16-8-6-5-7-9-16)23-20(24)14-15-12-17-10-11-18(13-15)22-17/h5-9,15,17-19,22H,4,10-14H2,1-3H3,(H,23,24). The van der Waals surface area contributed by atoms with Crippen LogP contribution >= 0.6 is 0 Å². The van der Waals surface area contributed by atoms with Gasteiger partial charge in [-0.1, -0.05) is 51.1 Å². The summed E-state index contributed by atoms with van der Waals surface area (Å²) in [5.41, 5.74) is 1.23. The summed E-state index contributed by atoms with van der Waals surface area (Å²) >= 11 is 0. The smallest absolute Gasteiger partial charge is 0.220 e. The fourth-order valence-corrected chi connectivity index (χ4v) is 4.72. The Morgan fingerprint density at radius 3 is 2.42 bits per heavy atom. The molecule has 1 amide bonds. The minimum atomic E-state index is -0.0567. The first-order valence-corrected chi connectivity index (χ1v) is 9.60. The summed E-state index contributed by atoms with van der Waals surface area (Å²) in [7, 11) is 0. The third-order valence-corrected chi connectivity index (χ3v) is 6.18. The number of hydrogen-bond acceptors (Lipinski definition) is 2. The molecule has 3 unspecified atom stereocenters. The van der Waals surface area contributed by atoms with Gasteiger partial charge in [-0.15, -0.1) is 0 Å². The van der Waals surface area contributed by atoms with E-state index in [1.807, 2.05) is 6.07 Å². The number of carbonyl (C=O) groups excluding carboxylic acids is 1. The maximum atomic E-state index is 12.7. The second-order valence-corrected chi connectivity index (χ2v) is 8.30. The highest BCUT2D eigenvalue weighted by Gasteiger charge is 2.35. The second-order valence-electron chi connectivity index (χ2n) is 8.30. The van der Waals surface area contributed by atoms with Gasteiger partial charge in [-0.05, 0) is 43.6 Å². The van der Waals surface area contributed by atoms with Gasteiger partial charge in [0.1, 0.15) is 0 Å². The zero-order valence-electron chi connectivity index (χ0n) is 15.3. The molecule has 0 spiro atoms. The molecule has 0 radical (unpaired) electrons. The van der Waals surface area contributed by atoms with Crippen LogP contribution in [0, 0.1) is 5.92 Å². The highest BCUT2D eigenvalue weighted by Crippen LogP contribution is 2.33. The maximum Gasteiger partial charge on any atom is 0.220 e. The third-order valence-electron chi connectivity index (χ3n) is 6.18. The Balaban J connectivity index is 1.59. The van der Waals surface area contributed by atoms with Crippen molar-refractivity contribution >= 4 is 5.91 Å². The molecule has 3 atom stereocenters. The molecule has 24 heavy (non-hydrogen) atoms. The Kier molecular flexibility index (Phi) is 5.29. The molecule has 2 saturated heterocycles. The van der Waals surface area contributed by atoms with E-state index in [1.165, 1.54) is 31.2 Å². The van der Waals surface area contributed by atoms with E-state index in [-0.39, 0.29) is 17.4 Å². The summed E-state index contributed by atoms with van der Waals surface area (Å²) in [4.78, 5) is 12.7. The highest BCUT2D eigenvalue weighted by molar-refractivity contribution is 5.76. The molecule has 1 aromatic rings. The second kappa shape index (κ2) is 7.26. The Hall–Kier alpha value is -1.35. The van der Waals surface area contributed by atoms with Crippen molar-refractivity contribution in [2.45, 2.75) is 82.8 Å². The molecule has 1 aromatic carbocycles. The SMILES string of the molecule is CCC(NC(=O)CC1CC2CCC(C1)N2)C(C)(C)c1ccccc1. The van der Waals surface area contributed by atoms with Gasteiger partial charge in [0.25, 0.3) is 0 Å². The van der Waals surface area contributed by atoms with Crippen molar-refractivity contribution in [1.29, 1.82) is 0 Å². The summed E-state index contributed by atoms with van der Waals surface area (Å²) in [5.74, 6) is 0.790. The Labute approximate surface area is 146 Å². The van der Waals surface area contributed by atoms with Crippen LogP contribution in [0.4, 0.5) is 0 Å². The van der Waals surface area contributed by atoms with E-state index in [0.29, 0.717) is 24.4 Å². The molecule has 3 heteroatoms. The normalized spacial score (nSPS) is 27.7. The summed E-state index contributed by atoms with van der Waals surface area (Å²) in [6, 6.07) is 12.0. The predicted molar refractivity (Wildman–Crippen MR) is 99.0 cm³/mol. The van der Waals surface area contributed by atoms with Gasteiger partial charge in [0.15, 0.2) is 0 Å². The van der Waals surface area contributed by atoms with Gasteiger partial charge >= 0.3 is 0 Å². The van der Waals surface area contributed by atoms with Gasteiger partial charge in [0, 0.05) is 30.0 Å². The van der Waals surface area contributed by atoms with Gasteiger partial charge in [-0.2, -0.15) is 0 Å². The van der Waals surface area contributed by atoms with E-state index in [1.54, 1.807) is 0 Å². The molecule has 0 saturated carbocycles. The number of rotatable bonds is 6. The highest BCUT2D eigenvalue weighted by atomic mass is 16.1. The number of piperidine rings is 1. The molecular formula is C21H32N2O. The van der Waals surface area contributed by atoms with Crippen LogP contribution < -0.4 is 10.6 Å². The van der Waals surface area contributed by atoms with Crippen LogP contribution in [0.25, 0.3) is 0 Å². The average Bonchev–Trinajstić information content (AvgIpc) is 2.92. The van der Waals surface area contributed by atoms with E-state index in [9.17, 15) is 4.79 Å². The molecule has 3 nitrogen and oxygen atoms in total. The number of benzene rings is 1. The van der Waals surface area contributed by atoms with Gasteiger partial charge < -0.3 is 10.6 Å². The summed E-state index contributed by atoms with van der Waals surface area (Å²) in [6.45, 7) is 6.64. The van der Waals surface area contributed by atoms with Gasteiger partial charge in [-0.25, -0.2) is 0 Å². The van der Waals surface area contributed by atoms with Gasteiger partial charge in [-0.3, -0.25) is 4.79 Å². The van der Waals surface area contributed by atoms with Crippen LogP contribution in [0.1, 0.15) is 64.9 Å². The Morgan fingerprint density at radius 1 is 1.21 bits per heavy atom. The van der Waals surface area contributed by atoms with Crippen LogP contribution in [0.2, 0.25) is 0 Å². The first-order valence-electron chi connectivity index (χ1n) is 9.60. The van der Waals surface area contributed by atoms with Crippen molar-refractivity contribution in [2.24, 2.45) is 5.92 Å². The molecule has 2 heterocycles. The van der Waals surface area contributed by atoms with Crippen molar-refractivity contribution in [3.05, 3.63) is 35.9 Å². The van der Waals surface area contributed by atoms with Crippen molar-refractivity contribution < 1.29 is 4.79 Å². The first kappa shape index (κ1) is 17.5. The molecule has 2 fully saturated rings. The van der Waals surface area contributed by atoms with Crippen molar-refractivity contribution in [3.8, 4) is 0 Å². The molecule has 0 aromatic heterocycles. The van der Waals surface area contributed by atoms with Crippen LogP contribution in [0.15, 0.2) is 30.3 Å². The zero-order valence-corrected chi connectivity index (χ0v) is 15.3. The van der Waals surface area contributed by atoms with Gasteiger partial charge in [0.05, 0.1) is 0 Å². The lowest BCUT2D eigenvalue weighted by Gasteiger charge is -2.36. The van der Waals surface area contributed by atoms with Gasteiger partial charge in [0.2, 0.25) is 5.91 Å². The monoisotopic (exact) mass is 328 g/mol. The quantitative estimate of drug-likeness (QED) is 0.834. The van der Waals surface area contributed by atoms with E-state index >= 15 is 0 Å². The summed E-state index contributed by atoms with van der Waals surface area (Å²) in [6.07, 6.45) is 6.57. The predicted octanol–water partition coefficient (Wildman–Crippen LogP) is 3.78. The number of nitrogens with one attached hydrogen (secondary N) is 2. The first-order chi connectivity index (χ1) is 11.5. The fourth-order valence-electron chi connectivity index (χ4n) is 4.72. The molecule has 132 valence electrons. The average molecular weight is 328 g/mol. The zero-order chi connectivity index (χ0) is 17.2. The molecule has 0 aliphatic carbocycles. The van der Waals surface area contributed by atoms with Crippen LogP contribution in [-0.2, 0) is 10.2 Å². The molecule has 2 N–H and O–H groups in total. The van der Waals surface area contributed by atoms with E-state index in [4.69, 9.17) is 0 Å². The van der Waals surface area contributed by atoms with E-state index < -0.39 is 0 Å². The Morgan fingerprint density at radius 2 is 1.83 bits per heavy atom. The molecule has 2 bridgehead atoms. The van der Waals surface area contributed by atoms with Crippen LogP contribution in [0.5, 0.6) is 0 Å². The van der Waals surface area contributed by atoms with Crippen molar-refractivity contribution in [2.75, 3.05) is 0 Å². The van der Waals surface area contributed by atoms with E-state index in [0.717, 1.165) is 6.42 Å². The molecule has 3 rings (SSSR count). The third kappa shape index (κ3) is 3.83. The molecule has 2 aliphatic rings. The number of fused-ring (bicyclic) bond motifs is 2. The van der Waals surface area contributed by atoms with Crippen LogP contribution in [-0.4, -0.2) is 24.0 Å². The lowest BCUT2D eigenvalue weighted by molar-refractivity contribution is -0.123. The molecular weight excluding hydrogens is 296 g/mol. The largest absolute Gasteiger partial charge is 0.353 e. The lowest BCUT2D eigenvalue weighted by Crippen LogP contribution is -2.48. The summed E-state index contributed by atoms with van der Waals surface area (Å²) < 4.78 is 0. The number of amides is 1. The van der Waals surface area contributed by atoms with Crippen molar-refractivity contribution in [1.82, 2.24) is 10.6 Å². The maximum absolute atomic E-state index is 12.7. The molecule has 2 aliphatic heterocycles. The number of carbonyl (C=O) groups is 1. The minimum Gasteiger partial charge on any atom is -0.353 e. The lowest BCUT2D eigenvalue weighted by atomic mass is 9.76. The Bertz CT molecular complexity index is 542. The minimum absolute atomic E-state index is 0.0567.